The van der Waals surface area contributed by atoms with Gasteiger partial charge in [0.2, 0.25) is 0 Å². The zero-order valence-corrected chi connectivity index (χ0v) is 10.4. The van der Waals surface area contributed by atoms with Crippen molar-refractivity contribution < 1.29 is 0 Å². The lowest BCUT2D eigenvalue weighted by atomic mass is 9.84. The average Bonchev–Trinajstić information content (AvgIpc) is 2.29. The highest BCUT2D eigenvalue weighted by Gasteiger charge is 2.19. The second kappa shape index (κ2) is 5.67. The second-order valence-electron chi connectivity index (χ2n) is 4.70. The van der Waals surface area contributed by atoms with Gasteiger partial charge in [0.05, 0.1) is 12.6 Å². The summed E-state index contributed by atoms with van der Waals surface area (Å²) in [5.41, 5.74) is 2.75. The van der Waals surface area contributed by atoms with Crippen LogP contribution in [0.5, 0.6) is 0 Å². The van der Waals surface area contributed by atoms with E-state index in [9.17, 15) is 0 Å². The van der Waals surface area contributed by atoms with E-state index in [0.717, 1.165) is 13.0 Å². The summed E-state index contributed by atoms with van der Waals surface area (Å²) in [5.74, 6) is 0. The van der Waals surface area contributed by atoms with Crippen molar-refractivity contribution in [1.82, 2.24) is 5.32 Å². The van der Waals surface area contributed by atoms with E-state index < -0.39 is 0 Å². The zero-order chi connectivity index (χ0) is 12.0. The molecule has 0 saturated heterocycles. The van der Waals surface area contributed by atoms with Crippen LogP contribution in [0.25, 0.3) is 0 Å². The monoisotopic (exact) mass is 216 g/mol. The van der Waals surface area contributed by atoms with Gasteiger partial charge in [-0.3, -0.25) is 0 Å². The summed E-state index contributed by atoms with van der Waals surface area (Å²) < 4.78 is 0. The van der Waals surface area contributed by atoms with E-state index in [1.807, 2.05) is 0 Å². The first-order valence-corrected chi connectivity index (χ1v) is 5.77. The highest BCUT2D eigenvalue weighted by Crippen LogP contribution is 2.22. The number of hydrogen-bond donors (Lipinski definition) is 1. The Hall–Kier alpha value is -1.33. The average molecular weight is 216 g/mol. The summed E-state index contributed by atoms with van der Waals surface area (Å²) in [6.45, 7) is 7.79. The van der Waals surface area contributed by atoms with Crippen LogP contribution in [0.3, 0.4) is 0 Å². The zero-order valence-electron chi connectivity index (χ0n) is 10.4. The third-order valence-corrected chi connectivity index (χ3v) is 2.91. The van der Waals surface area contributed by atoms with Gasteiger partial charge in [-0.1, -0.05) is 45.0 Å². The Kier molecular flexibility index (Phi) is 4.52. The summed E-state index contributed by atoms with van der Waals surface area (Å²) in [7, 11) is 0. The molecule has 2 heteroatoms. The molecule has 1 rings (SSSR count). The third kappa shape index (κ3) is 3.36. The van der Waals surface area contributed by atoms with Crippen LogP contribution in [0.4, 0.5) is 0 Å². The number of nitrogens with zero attached hydrogens (tertiary/aromatic N) is 1. The smallest absolute Gasteiger partial charge is 0.0841 e. The van der Waals surface area contributed by atoms with Crippen LogP contribution in [0.15, 0.2) is 24.3 Å². The Bertz CT molecular complexity index is 357. The predicted octanol–water partition coefficient (Wildman–Crippen LogP) is 2.64. The van der Waals surface area contributed by atoms with Gasteiger partial charge < -0.3 is 5.32 Å². The number of benzene rings is 1. The molecule has 0 aliphatic rings. The number of rotatable bonds is 5. The Morgan fingerprint density at radius 2 is 1.88 bits per heavy atom. The molecule has 0 bridgehead atoms. The number of nitriles is 1. The quantitative estimate of drug-likeness (QED) is 0.606. The molecule has 0 radical (unpaired) electrons. The first-order chi connectivity index (χ1) is 7.60. The van der Waals surface area contributed by atoms with Gasteiger partial charge in [-0.05, 0) is 17.5 Å². The molecular formula is C14H20N2. The van der Waals surface area contributed by atoms with E-state index >= 15 is 0 Å². The summed E-state index contributed by atoms with van der Waals surface area (Å²) in [4.78, 5) is 0. The minimum absolute atomic E-state index is 0.0725. The summed E-state index contributed by atoms with van der Waals surface area (Å²) in [6.07, 6.45) is 1.08. The van der Waals surface area contributed by atoms with Gasteiger partial charge in [-0.15, -0.1) is 0 Å². The topological polar surface area (TPSA) is 35.8 Å². The van der Waals surface area contributed by atoms with Crippen molar-refractivity contribution in [2.75, 3.05) is 13.1 Å². The maximum atomic E-state index is 8.49. The molecule has 0 aromatic heterocycles. The molecule has 1 aromatic rings. The molecule has 2 nitrogen and oxygen atoms in total. The maximum Gasteiger partial charge on any atom is 0.0841 e. The van der Waals surface area contributed by atoms with Crippen LogP contribution in [0.1, 0.15) is 31.9 Å². The fraction of sp³-hybridized carbons (Fsp3) is 0.500. The normalized spacial score (nSPS) is 11.1. The fourth-order valence-electron chi connectivity index (χ4n) is 1.72. The molecule has 86 valence electrons. The molecule has 0 fully saturated rings. The van der Waals surface area contributed by atoms with Gasteiger partial charge >= 0.3 is 0 Å². The third-order valence-electron chi connectivity index (χ3n) is 2.91. The number of aryl methyl sites for hydroxylation is 1. The molecular weight excluding hydrogens is 196 g/mol. The van der Waals surface area contributed by atoms with Crippen LogP contribution in [0, 0.1) is 11.3 Å². The molecule has 0 aliphatic carbocycles. The summed E-state index contributed by atoms with van der Waals surface area (Å²) >= 11 is 0. The van der Waals surface area contributed by atoms with Gasteiger partial charge in [-0.2, -0.15) is 5.26 Å². The van der Waals surface area contributed by atoms with Crippen molar-refractivity contribution in [1.29, 1.82) is 5.26 Å². The number of nitrogens with one attached hydrogen (secondary N) is 1. The lowest BCUT2D eigenvalue weighted by molar-refractivity contribution is 0.484. The molecule has 0 spiro atoms. The van der Waals surface area contributed by atoms with Crippen LogP contribution >= 0.6 is 0 Å². The van der Waals surface area contributed by atoms with Crippen LogP contribution in [-0.2, 0) is 11.8 Å². The Balaban J connectivity index is 2.69. The molecule has 0 amide bonds. The molecule has 0 unspecified atom stereocenters. The largest absolute Gasteiger partial charge is 0.304 e. The number of hydrogen-bond acceptors (Lipinski definition) is 2. The molecule has 0 atom stereocenters. The van der Waals surface area contributed by atoms with Crippen LogP contribution in [-0.4, -0.2) is 13.1 Å². The van der Waals surface area contributed by atoms with Crippen molar-refractivity contribution in [3.8, 4) is 6.07 Å². The summed E-state index contributed by atoms with van der Waals surface area (Å²) in [5, 5.41) is 11.6. The van der Waals surface area contributed by atoms with Gasteiger partial charge in [0.15, 0.2) is 0 Å². The maximum absolute atomic E-state index is 8.49. The van der Waals surface area contributed by atoms with Gasteiger partial charge in [-0.25, -0.2) is 0 Å². The molecule has 0 saturated carbocycles. The minimum atomic E-state index is 0.0725. The minimum Gasteiger partial charge on any atom is -0.304 e. The van der Waals surface area contributed by atoms with E-state index in [0.29, 0.717) is 6.54 Å². The van der Waals surface area contributed by atoms with Crippen LogP contribution < -0.4 is 5.32 Å². The Labute approximate surface area is 98.3 Å². The molecule has 0 heterocycles. The predicted molar refractivity (Wildman–Crippen MR) is 67.3 cm³/mol. The highest BCUT2D eigenvalue weighted by molar-refractivity contribution is 5.28. The van der Waals surface area contributed by atoms with E-state index in [1.54, 1.807) is 0 Å². The Morgan fingerprint density at radius 1 is 1.25 bits per heavy atom. The van der Waals surface area contributed by atoms with Crippen LogP contribution in [0.2, 0.25) is 0 Å². The van der Waals surface area contributed by atoms with Crippen molar-refractivity contribution in [3.05, 3.63) is 35.4 Å². The first kappa shape index (κ1) is 12.7. The summed E-state index contributed by atoms with van der Waals surface area (Å²) in [6, 6.07) is 10.8. The molecule has 0 aliphatic heterocycles. The van der Waals surface area contributed by atoms with Crippen molar-refractivity contribution in [3.63, 3.8) is 0 Å². The molecule has 16 heavy (non-hydrogen) atoms. The Morgan fingerprint density at radius 3 is 2.38 bits per heavy atom. The standard InChI is InChI=1S/C14H20N2/c1-4-12-5-7-13(8-6-12)14(2,3)11-16-10-9-15/h5-8,16H,4,10-11H2,1-3H3. The lowest BCUT2D eigenvalue weighted by Gasteiger charge is -2.25. The van der Waals surface area contributed by atoms with E-state index in [-0.39, 0.29) is 5.41 Å². The van der Waals surface area contributed by atoms with E-state index in [4.69, 9.17) is 5.26 Å². The van der Waals surface area contributed by atoms with E-state index in [2.05, 4.69) is 56.4 Å². The van der Waals surface area contributed by atoms with Crippen molar-refractivity contribution >= 4 is 0 Å². The van der Waals surface area contributed by atoms with Gasteiger partial charge in [0.25, 0.3) is 0 Å². The lowest BCUT2D eigenvalue weighted by Crippen LogP contribution is -2.33. The van der Waals surface area contributed by atoms with Crippen molar-refractivity contribution in [2.24, 2.45) is 0 Å². The van der Waals surface area contributed by atoms with Gasteiger partial charge in [0.1, 0.15) is 0 Å². The van der Waals surface area contributed by atoms with Gasteiger partial charge in [0, 0.05) is 12.0 Å². The second-order valence-corrected chi connectivity index (χ2v) is 4.70. The first-order valence-electron chi connectivity index (χ1n) is 5.77. The van der Waals surface area contributed by atoms with E-state index in [1.165, 1.54) is 11.1 Å². The molecule has 1 N–H and O–H groups in total. The SMILES string of the molecule is CCc1ccc(C(C)(C)CNCC#N)cc1. The van der Waals surface area contributed by atoms with Crippen molar-refractivity contribution in [2.45, 2.75) is 32.6 Å². The highest BCUT2D eigenvalue weighted by atomic mass is 14.9. The molecule has 1 aromatic carbocycles. The fourth-order valence-corrected chi connectivity index (χ4v) is 1.72.